The van der Waals surface area contributed by atoms with E-state index in [-0.39, 0.29) is 5.82 Å². The van der Waals surface area contributed by atoms with Crippen LogP contribution in [0.4, 0.5) is 4.39 Å². The molecule has 2 aromatic rings. The molecule has 0 aromatic heterocycles. The molecule has 0 saturated carbocycles. The first kappa shape index (κ1) is 11.6. The third-order valence-electron chi connectivity index (χ3n) is 2.56. The molecule has 92 valence electrons. The van der Waals surface area contributed by atoms with Crippen LogP contribution in [0.2, 0.25) is 5.32 Å². The van der Waals surface area contributed by atoms with Gasteiger partial charge in [-0.05, 0) is 0 Å². The van der Waals surface area contributed by atoms with Crippen molar-refractivity contribution >= 4 is 19.4 Å². The first-order valence-electron chi connectivity index (χ1n) is 5.64. The number of halogens is 1. The van der Waals surface area contributed by atoms with Crippen molar-refractivity contribution in [2.24, 2.45) is 0 Å². The second-order valence-corrected chi connectivity index (χ2v) is 6.25. The van der Waals surface area contributed by atoms with Gasteiger partial charge >= 0.3 is 111 Å². The molecule has 4 heteroatoms. The summed E-state index contributed by atoms with van der Waals surface area (Å²) in [6, 6.07) is 11.9. The van der Waals surface area contributed by atoms with E-state index in [0.29, 0.717) is 20.7 Å². The Kier molecular flexibility index (Phi) is 3.22. The molecule has 0 radical (unpaired) electrons. The van der Waals surface area contributed by atoms with Crippen molar-refractivity contribution in [2.45, 2.75) is 5.32 Å². The van der Waals surface area contributed by atoms with Gasteiger partial charge in [0.2, 0.25) is 0 Å². The Morgan fingerprint density at radius 3 is 2.67 bits per heavy atom. The zero-order chi connectivity index (χ0) is 12.4. The van der Waals surface area contributed by atoms with E-state index in [0.717, 1.165) is 23.4 Å². The third kappa shape index (κ3) is 2.50. The normalized spacial score (nSPS) is 13.6. The van der Waals surface area contributed by atoms with E-state index in [1.54, 1.807) is 12.1 Å². The molecule has 0 bridgehead atoms. The zero-order valence-electron chi connectivity index (χ0n) is 9.56. The quantitative estimate of drug-likeness (QED) is 0.794. The molecule has 3 rings (SSSR count). The van der Waals surface area contributed by atoms with Crippen molar-refractivity contribution in [3.05, 3.63) is 48.3 Å². The van der Waals surface area contributed by atoms with Crippen LogP contribution in [0.1, 0.15) is 0 Å². The molecule has 2 nitrogen and oxygen atoms in total. The van der Waals surface area contributed by atoms with Gasteiger partial charge in [-0.1, -0.05) is 0 Å². The van der Waals surface area contributed by atoms with Crippen LogP contribution in [-0.2, 0) is 0 Å². The Labute approximate surface area is 111 Å². The van der Waals surface area contributed by atoms with Crippen LogP contribution in [0.5, 0.6) is 17.2 Å². The van der Waals surface area contributed by atoms with E-state index in [2.05, 4.69) is 0 Å². The number of hydrogen-bond donors (Lipinski definition) is 0. The predicted octanol–water partition coefficient (Wildman–Crippen LogP) is 2.76. The molecule has 0 saturated heterocycles. The summed E-state index contributed by atoms with van der Waals surface area (Å²) in [5.74, 6) is 2.12. The van der Waals surface area contributed by atoms with Gasteiger partial charge in [-0.25, -0.2) is 0 Å². The predicted molar refractivity (Wildman–Crippen MR) is 68.6 cm³/mol. The van der Waals surface area contributed by atoms with Crippen molar-refractivity contribution in [1.29, 1.82) is 0 Å². The zero-order valence-corrected chi connectivity index (χ0v) is 11.3. The van der Waals surface area contributed by atoms with Crippen LogP contribution in [0.3, 0.4) is 0 Å². The van der Waals surface area contributed by atoms with E-state index in [1.165, 1.54) is 16.6 Å². The standard InChI is InChI=1S/C14H11FO2Se/c15-10-1-3-11(4-2-10)17-12-5-6-13-14(9-12)18-8-7-16-13/h1-6,9H,7-8H2. The maximum atomic E-state index is 12.8. The number of rotatable bonds is 2. The van der Waals surface area contributed by atoms with Crippen LogP contribution in [-0.4, -0.2) is 21.6 Å². The molecular weight excluding hydrogens is 298 g/mol. The third-order valence-corrected chi connectivity index (χ3v) is 4.66. The summed E-state index contributed by atoms with van der Waals surface area (Å²) < 4.78 is 25.3. The fraction of sp³-hybridized carbons (Fsp3) is 0.143. The summed E-state index contributed by atoms with van der Waals surface area (Å²) in [5, 5.41) is 1.10. The summed E-state index contributed by atoms with van der Waals surface area (Å²) >= 11 is 0.454. The molecule has 1 heterocycles. The van der Waals surface area contributed by atoms with E-state index < -0.39 is 0 Å². The van der Waals surface area contributed by atoms with Gasteiger partial charge in [0.1, 0.15) is 0 Å². The maximum absolute atomic E-state index is 12.8. The Bertz CT molecular complexity index is 554. The minimum absolute atomic E-state index is 0.260. The molecule has 18 heavy (non-hydrogen) atoms. The van der Waals surface area contributed by atoms with Gasteiger partial charge in [0.15, 0.2) is 0 Å². The molecular formula is C14H11FO2Se. The number of fused-ring (bicyclic) bond motifs is 1. The van der Waals surface area contributed by atoms with Gasteiger partial charge in [-0.2, -0.15) is 0 Å². The molecule has 0 unspecified atom stereocenters. The van der Waals surface area contributed by atoms with Crippen LogP contribution < -0.4 is 13.9 Å². The molecule has 2 aromatic carbocycles. The van der Waals surface area contributed by atoms with E-state index in [4.69, 9.17) is 9.47 Å². The van der Waals surface area contributed by atoms with Gasteiger partial charge < -0.3 is 0 Å². The minimum atomic E-state index is -0.260. The van der Waals surface area contributed by atoms with Crippen LogP contribution >= 0.6 is 0 Å². The van der Waals surface area contributed by atoms with Gasteiger partial charge in [-0.3, -0.25) is 0 Å². The first-order valence-corrected chi connectivity index (χ1v) is 7.71. The van der Waals surface area contributed by atoms with Gasteiger partial charge in [0, 0.05) is 0 Å². The van der Waals surface area contributed by atoms with Crippen molar-refractivity contribution in [1.82, 2.24) is 0 Å². The SMILES string of the molecule is Fc1ccc(Oc2ccc3c(c2)[Se]CCO3)cc1. The molecule has 1 aliphatic heterocycles. The summed E-state index contributed by atoms with van der Waals surface area (Å²) in [6.45, 7) is 0.811. The summed E-state index contributed by atoms with van der Waals surface area (Å²) in [6.07, 6.45) is 0. The molecule has 0 spiro atoms. The van der Waals surface area contributed by atoms with Gasteiger partial charge in [0.05, 0.1) is 0 Å². The first-order chi connectivity index (χ1) is 8.81. The fourth-order valence-electron chi connectivity index (χ4n) is 1.73. The molecule has 0 N–H and O–H groups in total. The molecule has 0 amide bonds. The summed E-state index contributed by atoms with van der Waals surface area (Å²) in [5.41, 5.74) is 0. The van der Waals surface area contributed by atoms with Crippen molar-refractivity contribution in [3.63, 3.8) is 0 Å². The Morgan fingerprint density at radius 1 is 1.06 bits per heavy atom. The Balaban J connectivity index is 1.82. The van der Waals surface area contributed by atoms with E-state index in [1.807, 2.05) is 18.2 Å². The van der Waals surface area contributed by atoms with Crippen LogP contribution in [0.15, 0.2) is 42.5 Å². The summed E-state index contributed by atoms with van der Waals surface area (Å²) in [7, 11) is 0. The Morgan fingerprint density at radius 2 is 1.83 bits per heavy atom. The second kappa shape index (κ2) is 5.01. The van der Waals surface area contributed by atoms with Crippen LogP contribution in [0, 0.1) is 5.82 Å². The van der Waals surface area contributed by atoms with Crippen molar-refractivity contribution < 1.29 is 13.9 Å². The topological polar surface area (TPSA) is 18.5 Å². The average Bonchev–Trinajstić information content (AvgIpc) is 2.41. The Hall–Kier alpha value is -1.51. The number of ether oxygens (including phenoxy) is 2. The summed E-state index contributed by atoms with van der Waals surface area (Å²) in [4.78, 5) is 0. The number of hydrogen-bond acceptors (Lipinski definition) is 2. The van der Waals surface area contributed by atoms with Gasteiger partial charge in [0.25, 0.3) is 0 Å². The molecule has 0 aliphatic carbocycles. The monoisotopic (exact) mass is 310 g/mol. The number of benzene rings is 2. The average molecular weight is 309 g/mol. The van der Waals surface area contributed by atoms with E-state index in [9.17, 15) is 4.39 Å². The fourth-order valence-corrected chi connectivity index (χ4v) is 3.52. The molecule has 0 fully saturated rings. The van der Waals surface area contributed by atoms with Crippen molar-refractivity contribution in [2.75, 3.05) is 6.61 Å². The van der Waals surface area contributed by atoms with Crippen molar-refractivity contribution in [3.8, 4) is 17.2 Å². The van der Waals surface area contributed by atoms with Gasteiger partial charge in [-0.15, -0.1) is 0 Å². The molecule has 0 atom stereocenters. The molecule has 1 aliphatic rings. The second-order valence-electron chi connectivity index (χ2n) is 3.86. The van der Waals surface area contributed by atoms with E-state index >= 15 is 0 Å². The van der Waals surface area contributed by atoms with Crippen LogP contribution in [0.25, 0.3) is 0 Å².